The number of para-hydroxylation sites is 1. The number of nitrogens with zero attached hydrogens (tertiary/aromatic N) is 4. The summed E-state index contributed by atoms with van der Waals surface area (Å²) in [5, 5.41) is 17.9. The quantitative estimate of drug-likeness (QED) is 0.504. The third kappa shape index (κ3) is 3.01. The van der Waals surface area contributed by atoms with Gasteiger partial charge in [0.2, 0.25) is 5.91 Å². The van der Waals surface area contributed by atoms with Crippen molar-refractivity contribution in [3.05, 3.63) is 60.2 Å². The second kappa shape index (κ2) is 7.59. The molecular weight excluding hydrogens is 372 g/mol. The van der Waals surface area contributed by atoms with Crippen LogP contribution in [-0.4, -0.2) is 22.2 Å². The second-order valence-corrected chi connectivity index (χ2v) is 7.29. The molecule has 0 aliphatic carbocycles. The van der Waals surface area contributed by atoms with Gasteiger partial charge in [-0.25, -0.2) is 9.88 Å². The molecule has 7 heteroatoms. The lowest BCUT2D eigenvalue weighted by Gasteiger charge is -2.33. The lowest BCUT2D eigenvalue weighted by Crippen LogP contribution is -2.59. The van der Waals surface area contributed by atoms with Gasteiger partial charge in [0, 0.05) is 17.1 Å². The molecule has 28 heavy (non-hydrogen) atoms. The monoisotopic (exact) mass is 392 g/mol. The second-order valence-electron chi connectivity index (χ2n) is 6.51. The maximum atomic E-state index is 13.2. The van der Waals surface area contributed by atoms with Crippen LogP contribution in [0.1, 0.15) is 31.5 Å². The van der Waals surface area contributed by atoms with E-state index in [0.717, 1.165) is 12.0 Å². The normalized spacial score (nSPS) is 15.1. The van der Waals surface area contributed by atoms with Gasteiger partial charge in [0.25, 0.3) is 17.0 Å². The van der Waals surface area contributed by atoms with Gasteiger partial charge in [-0.15, -0.1) is 0 Å². The molecule has 1 atom stereocenters. The summed E-state index contributed by atoms with van der Waals surface area (Å²) in [5.74, 6) is -0.339. The van der Waals surface area contributed by atoms with Crippen molar-refractivity contribution in [2.45, 2.75) is 31.1 Å². The standard InChI is InChI=1S/C21H20N4O2S/c1-3-9-17(26)24-16-13-8-7-12-15(16)18-19(27)22-21(28-2)23-25(18)20(24)14-10-5-4-6-11-14/h4-8,10-13,20H,3,9H2,1-2H3. The molecule has 1 amide bonds. The number of hydrogen-bond donors (Lipinski definition) is 0. The molecule has 2 heterocycles. The Kier molecular flexibility index (Phi) is 5.00. The summed E-state index contributed by atoms with van der Waals surface area (Å²) in [4.78, 5) is 19.1. The molecule has 6 nitrogen and oxygen atoms in total. The highest BCUT2D eigenvalue weighted by Crippen LogP contribution is 2.41. The number of anilines is 1. The minimum absolute atomic E-state index is 0.00119. The lowest BCUT2D eigenvalue weighted by atomic mass is 10.0. The Hall–Kier alpha value is -2.93. The van der Waals surface area contributed by atoms with Crippen LogP contribution in [0.3, 0.4) is 0 Å². The van der Waals surface area contributed by atoms with E-state index in [4.69, 9.17) is 0 Å². The van der Waals surface area contributed by atoms with Crippen molar-refractivity contribution in [3.8, 4) is 17.1 Å². The van der Waals surface area contributed by atoms with Crippen LogP contribution in [0.4, 0.5) is 5.69 Å². The molecule has 1 aliphatic heterocycles. The van der Waals surface area contributed by atoms with Crippen LogP contribution in [0.25, 0.3) is 11.3 Å². The zero-order valence-electron chi connectivity index (χ0n) is 15.7. The van der Waals surface area contributed by atoms with Crippen LogP contribution >= 0.6 is 11.8 Å². The Bertz CT molecular complexity index is 1030. The van der Waals surface area contributed by atoms with E-state index in [2.05, 4.69) is 10.1 Å². The van der Waals surface area contributed by atoms with Crippen molar-refractivity contribution in [1.82, 2.24) is 10.1 Å². The summed E-state index contributed by atoms with van der Waals surface area (Å²) in [6, 6.07) is 17.1. The first-order valence-electron chi connectivity index (χ1n) is 9.17. The van der Waals surface area contributed by atoms with Crippen LogP contribution in [0.15, 0.2) is 59.8 Å². The van der Waals surface area contributed by atoms with E-state index in [1.165, 1.54) is 11.8 Å². The number of fused-ring (bicyclic) bond motifs is 3. The molecule has 142 valence electrons. The van der Waals surface area contributed by atoms with Crippen molar-refractivity contribution in [2.75, 3.05) is 11.2 Å². The average Bonchev–Trinajstić information content (AvgIpc) is 2.73. The Labute approximate surface area is 167 Å². The van der Waals surface area contributed by atoms with Gasteiger partial charge in [-0.3, -0.25) is 4.79 Å². The molecule has 0 fully saturated rings. The summed E-state index contributed by atoms with van der Waals surface area (Å²) in [5.41, 5.74) is 2.69. The van der Waals surface area contributed by atoms with Crippen molar-refractivity contribution < 1.29 is 14.6 Å². The number of thioether (sulfide) groups is 1. The first-order valence-corrected chi connectivity index (χ1v) is 10.4. The topological polar surface area (TPSA) is 73.0 Å². The number of carbonyl (C=O) groups excluding carboxylic acids is 1. The summed E-state index contributed by atoms with van der Waals surface area (Å²) >= 11 is 1.31. The number of hydrogen-bond acceptors (Lipinski definition) is 5. The molecule has 0 saturated carbocycles. The first-order chi connectivity index (χ1) is 13.7. The van der Waals surface area contributed by atoms with Crippen LogP contribution in [0, 0.1) is 0 Å². The molecule has 2 aromatic carbocycles. The summed E-state index contributed by atoms with van der Waals surface area (Å²) < 4.78 is 1.66. The maximum absolute atomic E-state index is 13.2. The molecule has 0 bridgehead atoms. The van der Waals surface area contributed by atoms with E-state index in [1.54, 1.807) is 9.58 Å². The number of aromatic nitrogens is 3. The fourth-order valence-electron chi connectivity index (χ4n) is 3.55. The van der Waals surface area contributed by atoms with Crippen LogP contribution in [-0.2, 0) is 4.79 Å². The zero-order chi connectivity index (χ0) is 19.7. The van der Waals surface area contributed by atoms with Crippen LogP contribution in [0.2, 0.25) is 0 Å². The van der Waals surface area contributed by atoms with E-state index in [1.807, 2.05) is 67.8 Å². The van der Waals surface area contributed by atoms with Gasteiger partial charge < -0.3 is 5.11 Å². The predicted octanol–water partition coefficient (Wildman–Crippen LogP) is 2.92. The Morgan fingerprint density at radius 1 is 1.18 bits per heavy atom. The van der Waals surface area contributed by atoms with Gasteiger partial charge in [0.1, 0.15) is 0 Å². The van der Waals surface area contributed by atoms with E-state index in [-0.39, 0.29) is 11.8 Å². The summed E-state index contributed by atoms with van der Waals surface area (Å²) in [6.45, 7) is 1.98. The highest BCUT2D eigenvalue weighted by atomic mass is 32.2. The molecule has 3 aromatic rings. The van der Waals surface area contributed by atoms with Gasteiger partial charge in [-0.05, 0) is 24.8 Å². The Balaban J connectivity index is 2.04. The molecule has 0 saturated heterocycles. The van der Waals surface area contributed by atoms with Crippen molar-refractivity contribution in [1.29, 1.82) is 0 Å². The lowest BCUT2D eigenvalue weighted by molar-refractivity contribution is -0.764. The van der Waals surface area contributed by atoms with Crippen molar-refractivity contribution >= 4 is 23.4 Å². The fourth-order valence-corrected chi connectivity index (χ4v) is 3.89. The van der Waals surface area contributed by atoms with E-state index in [0.29, 0.717) is 28.5 Å². The summed E-state index contributed by atoms with van der Waals surface area (Å²) in [6.07, 6.45) is 2.45. The van der Waals surface area contributed by atoms with Crippen LogP contribution < -0.4 is 14.7 Å². The van der Waals surface area contributed by atoms with Gasteiger partial charge in [-0.1, -0.05) is 65.8 Å². The number of benzene rings is 2. The predicted molar refractivity (Wildman–Crippen MR) is 106 cm³/mol. The molecule has 1 aliphatic rings. The molecular formula is C21H20N4O2S. The SMILES string of the molecule is CCCC(=O)N1c2ccccc2-c2c([O-])nc(SC)n[n+]2C1c1ccccc1. The van der Waals surface area contributed by atoms with Crippen molar-refractivity contribution in [2.24, 2.45) is 0 Å². The largest absolute Gasteiger partial charge is 0.854 e. The minimum Gasteiger partial charge on any atom is -0.854 e. The molecule has 1 unspecified atom stereocenters. The number of amides is 1. The third-order valence-electron chi connectivity index (χ3n) is 4.73. The van der Waals surface area contributed by atoms with Crippen molar-refractivity contribution in [3.63, 3.8) is 0 Å². The average molecular weight is 392 g/mol. The minimum atomic E-state index is -0.535. The van der Waals surface area contributed by atoms with E-state index < -0.39 is 6.17 Å². The Morgan fingerprint density at radius 2 is 1.89 bits per heavy atom. The third-order valence-corrected chi connectivity index (χ3v) is 5.27. The van der Waals surface area contributed by atoms with E-state index >= 15 is 0 Å². The zero-order valence-corrected chi connectivity index (χ0v) is 16.5. The molecule has 4 rings (SSSR count). The molecule has 0 N–H and O–H groups in total. The maximum Gasteiger partial charge on any atom is 0.293 e. The van der Waals surface area contributed by atoms with Gasteiger partial charge in [0.15, 0.2) is 0 Å². The Morgan fingerprint density at radius 3 is 2.61 bits per heavy atom. The highest BCUT2D eigenvalue weighted by Gasteiger charge is 2.44. The van der Waals surface area contributed by atoms with Gasteiger partial charge in [-0.2, -0.15) is 0 Å². The summed E-state index contributed by atoms with van der Waals surface area (Å²) in [7, 11) is 0. The van der Waals surface area contributed by atoms with Gasteiger partial charge >= 0.3 is 0 Å². The molecule has 1 aromatic heterocycles. The highest BCUT2D eigenvalue weighted by molar-refractivity contribution is 7.98. The van der Waals surface area contributed by atoms with Gasteiger partial charge in [0.05, 0.1) is 17.1 Å². The van der Waals surface area contributed by atoms with E-state index in [9.17, 15) is 9.90 Å². The fraction of sp³-hybridized carbons (Fsp3) is 0.238. The number of rotatable bonds is 4. The number of carbonyl (C=O) groups is 1. The molecule has 0 spiro atoms. The first kappa shape index (κ1) is 18.4. The smallest absolute Gasteiger partial charge is 0.293 e. The van der Waals surface area contributed by atoms with Crippen LogP contribution in [0.5, 0.6) is 5.88 Å². The molecule has 0 radical (unpaired) electrons.